The molecule has 0 radical (unpaired) electrons. The Balaban J connectivity index is 1.35. The van der Waals surface area contributed by atoms with E-state index in [9.17, 15) is 18.0 Å². The van der Waals surface area contributed by atoms with Gasteiger partial charge in [0.25, 0.3) is 0 Å². The Morgan fingerprint density at radius 3 is 2.67 bits per heavy atom. The molecule has 9 nitrogen and oxygen atoms in total. The van der Waals surface area contributed by atoms with E-state index in [1.54, 1.807) is 22.0 Å². The number of nitrogens with zero attached hydrogens (tertiary/aromatic N) is 6. The van der Waals surface area contributed by atoms with Crippen LogP contribution in [0.4, 0.5) is 23.7 Å². The fraction of sp³-hybridized carbons (Fsp3) is 0.429. The summed E-state index contributed by atoms with van der Waals surface area (Å²) in [6, 6.07) is 4.39. The van der Waals surface area contributed by atoms with Crippen molar-refractivity contribution in [1.29, 1.82) is 0 Å². The second-order valence-corrected chi connectivity index (χ2v) is 7.75. The second kappa shape index (κ2) is 9.22. The predicted octanol–water partition coefficient (Wildman–Crippen LogP) is 3.88. The number of carbonyl (C=O) groups is 1. The summed E-state index contributed by atoms with van der Waals surface area (Å²) in [6.07, 6.45) is -1.07. The summed E-state index contributed by atoms with van der Waals surface area (Å²) >= 11 is 0. The number of carbonyl (C=O) groups excluding carboxylic acids is 1. The van der Waals surface area contributed by atoms with Crippen LogP contribution in [0.1, 0.15) is 31.3 Å². The van der Waals surface area contributed by atoms with Gasteiger partial charge in [-0.3, -0.25) is 9.58 Å². The monoisotopic (exact) mass is 463 g/mol. The summed E-state index contributed by atoms with van der Waals surface area (Å²) in [4.78, 5) is 20.6. The van der Waals surface area contributed by atoms with Crippen LogP contribution in [0.3, 0.4) is 0 Å². The predicted molar refractivity (Wildman–Crippen MR) is 113 cm³/mol. The van der Waals surface area contributed by atoms with Crippen LogP contribution in [-0.4, -0.2) is 61.9 Å². The standard InChI is InChI=1S/C21H24F3N7O2/c1-3-31-13-17(12-25-31)26-20(32)30-9-7-29(8-10-30)14(2)19-27-18(28-33-19)15-5-4-6-16(11-15)21(22,23)24/h4-6,11-14H,3,7-10H2,1-2H3,(H,26,32). The molecule has 2 amide bonds. The number of benzene rings is 1. The van der Waals surface area contributed by atoms with Crippen molar-refractivity contribution in [3.05, 3.63) is 48.1 Å². The summed E-state index contributed by atoms with van der Waals surface area (Å²) in [7, 11) is 0. The fourth-order valence-corrected chi connectivity index (χ4v) is 3.63. The molecule has 176 valence electrons. The number of halogens is 3. The molecule has 4 rings (SSSR count). The third kappa shape index (κ3) is 5.16. The Labute approximate surface area is 188 Å². The van der Waals surface area contributed by atoms with Gasteiger partial charge in [0, 0.05) is 44.5 Å². The second-order valence-electron chi connectivity index (χ2n) is 7.75. The normalized spacial score (nSPS) is 16.1. The zero-order valence-electron chi connectivity index (χ0n) is 18.2. The molecule has 1 aromatic carbocycles. The lowest BCUT2D eigenvalue weighted by Gasteiger charge is -2.36. The van der Waals surface area contributed by atoms with E-state index in [2.05, 4.69) is 25.5 Å². The molecule has 0 saturated carbocycles. The van der Waals surface area contributed by atoms with E-state index in [0.29, 0.717) is 37.8 Å². The molecule has 1 aliphatic rings. The topological polar surface area (TPSA) is 92.3 Å². The Kier molecular flexibility index (Phi) is 6.36. The summed E-state index contributed by atoms with van der Waals surface area (Å²) in [5.74, 6) is 0.417. The van der Waals surface area contributed by atoms with Gasteiger partial charge in [0.05, 0.1) is 23.5 Å². The molecule has 1 atom stereocenters. The smallest absolute Gasteiger partial charge is 0.337 e. The molecule has 1 N–H and O–H groups in total. The quantitative estimate of drug-likeness (QED) is 0.617. The lowest BCUT2D eigenvalue weighted by molar-refractivity contribution is -0.137. The Morgan fingerprint density at radius 1 is 1.24 bits per heavy atom. The van der Waals surface area contributed by atoms with Crippen LogP contribution in [0.2, 0.25) is 0 Å². The van der Waals surface area contributed by atoms with E-state index in [1.807, 2.05) is 13.8 Å². The maximum atomic E-state index is 13.0. The lowest BCUT2D eigenvalue weighted by Crippen LogP contribution is -2.50. The minimum absolute atomic E-state index is 0.105. The van der Waals surface area contributed by atoms with Gasteiger partial charge in [-0.1, -0.05) is 17.3 Å². The van der Waals surface area contributed by atoms with Crippen molar-refractivity contribution in [2.75, 3.05) is 31.5 Å². The molecule has 0 bridgehead atoms. The van der Waals surface area contributed by atoms with Crippen molar-refractivity contribution in [3.8, 4) is 11.4 Å². The maximum Gasteiger partial charge on any atom is 0.416 e. The lowest BCUT2D eigenvalue weighted by atomic mass is 10.1. The number of aromatic nitrogens is 4. The molecule has 1 aliphatic heterocycles. The van der Waals surface area contributed by atoms with Crippen molar-refractivity contribution in [3.63, 3.8) is 0 Å². The molecular formula is C21H24F3N7O2. The van der Waals surface area contributed by atoms with Gasteiger partial charge in [-0.25, -0.2) is 4.79 Å². The number of hydrogen-bond donors (Lipinski definition) is 1. The molecule has 1 unspecified atom stereocenters. The van der Waals surface area contributed by atoms with Gasteiger partial charge in [-0.2, -0.15) is 23.3 Å². The van der Waals surface area contributed by atoms with E-state index in [4.69, 9.17) is 4.52 Å². The van der Waals surface area contributed by atoms with Gasteiger partial charge in [-0.05, 0) is 26.0 Å². The highest BCUT2D eigenvalue weighted by Crippen LogP contribution is 2.32. The van der Waals surface area contributed by atoms with Crippen LogP contribution in [0.15, 0.2) is 41.2 Å². The summed E-state index contributed by atoms with van der Waals surface area (Å²) in [6.45, 7) is 6.76. The molecule has 3 heterocycles. The number of hydrogen-bond acceptors (Lipinski definition) is 6. The van der Waals surface area contributed by atoms with Crippen molar-refractivity contribution < 1.29 is 22.5 Å². The highest BCUT2D eigenvalue weighted by molar-refractivity contribution is 5.89. The summed E-state index contributed by atoms with van der Waals surface area (Å²) in [5, 5.41) is 10.8. The van der Waals surface area contributed by atoms with E-state index in [-0.39, 0.29) is 23.5 Å². The van der Waals surface area contributed by atoms with E-state index < -0.39 is 11.7 Å². The van der Waals surface area contributed by atoms with Gasteiger partial charge < -0.3 is 14.7 Å². The molecule has 12 heteroatoms. The number of piperazine rings is 1. The molecular weight excluding hydrogens is 439 g/mol. The molecule has 1 saturated heterocycles. The zero-order chi connectivity index (χ0) is 23.6. The average Bonchev–Trinajstić information content (AvgIpc) is 3.48. The molecule has 2 aromatic heterocycles. The number of aryl methyl sites for hydroxylation is 1. The van der Waals surface area contributed by atoms with Gasteiger partial charge >= 0.3 is 12.2 Å². The van der Waals surface area contributed by atoms with E-state index in [1.165, 1.54) is 12.1 Å². The number of nitrogens with one attached hydrogen (secondary N) is 1. The first-order valence-corrected chi connectivity index (χ1v) is 10.6. The van der Waals surface area contributed by atoms with Gasteiger partial charge in [-0.15, -0.1) is 0 Å². The van der Waals surface area contributed by atoms with E-state index in [0.717, 1.165) is 18.7 Å². The first kappa shape index (κ1) is 22.8. The van der Waals surface area contributed by atoms with Crippen LogP contribution in [0, 0.1) is 0 Å². The van der Waals surface area contributed by atoms with E-state index >= 15 is 0 Å². The van der Waals surface area contributed by atoms with Gasteiger partial charge in [0.1, 0.15) is 0 Å². The van der Waals surface area contributed by atoms with Crippen LogP contribution in [0.5, 0.6) is 0 Å². The first-order valence-electron chi connectivity index (χ1n) is 10.6. The molecule has 0 aliphatic carbocycles. The minimum atomic E-state index is -4.45. The van der Waals surface area contributed by atoms with Crippen LogP contribution >= 0.6 is 0 Å². The minimum Gasteiger partial charge on any atom is -0.337 e. The fourth-order valence-electron chi connectivity index (χ4n) is 3.63. The molecule has 33 heavy (non-hydrogen) atoms. The maximum absolute atomic E-state index is 13.0. The Morgan fingerprint density at radius 2 is 2.00 bits per heavy atom. The summed E-state index contributed by atoms with van der Waals surface area (Å²) in [5.41, 5.74) is 0.112. The molecule has 1 fully saturated rings. The highest BCUT2D eigenvalue weighted by atomic mass is 19.4. The largest absolute Gasteiger partial charge is 0.416 e. The third-order valence-corrected chi connectivity index (χ3v) is 5.60. The first-order chi connectivity index (χ1) is 15.7. The number of urea groups is 1. The van der Waals surface area contributed by atoms with Crippen LogP contribution < -0.4 is 5.32 Å². The van der Waals surface area contributed by atoms with Crippen molar-refractivity contribution in [2.45, 2.75) is 32.6 Å². The highest BCUT2D eigenvalue weighted by Gasteiger charge is 2.31. The third-order valence-electron chi connectivity index (χ3n) is 5.60. The average molecular weight is 463 g/mol. The number of amides is 2. The zero-order valence-corrected chi connectivity index (χ0v) is 18.2. The van der Waals surface area contributed by atoms with Gasteiger partial charge in [0.15, 0.2) is 0 Å². The SMILES string of the molecule is CCn1cc(NC(=O)N2CCN(C(C)c3nc(-c4cccc(C(F)(F)F)c4)no3)CC2)cn1. The molecule has 0 spiro atoms. The van der Waals surface area contributed by atoms with Crippen molar-refractivity contribution in [2.24, 2.45) is 0 Å². The Hall–Kier alpha value is -3.41. The Bertz CT molecular complexity index is 1100. The number of alkyl halides is 3. The number of anilines is 1. The summed E-state index contributed by atoms with van der Waals surface area (Å²) < 4.78 is 46.0. The molecule has 3 aromatic rings. The van der Waals surface area contributed by atoms with Gasteiger partial charge in [0.2, 0.25) is 11.7 Å². The van der Waals surface area contributed by atoms with Crippen molar-refractivity contribution in [1.82, 2.24) is 29.7 Å². The number of rotatable bonds is 5. The van der Waals surface area contributed by atoms with Crippen LogP contribution in [-0.2, 0) is 12.7 Å². The van der Waals surface area contributed by atoms with Crippen molar-refractivity contribution >= 4 is 11.7 Å². The van der Waals surface area contributed by atoms with Crippen LogP contribution in [0.25, 0.3) is 11.4 Å².